The Kier molecular flexibility index (Phi) is 3.87. The molecule has 1 aromatic carbocycles. The largest absolute Gasteiger partial charge is 0.478 e. The molecule has 0 radical (unpaired) electrons. The molecule has 2 heterocycles. The van der Waals surface area contributed by atoms with Gasteiger partial charge in [-0.25, -0.2) is 18.4 Å². The molecule has 4 rings (SSSR count). The second kappa shape index (κ2) is 5.98. The lowest BCUT2D eigenvalue weighted by Crippen LogP contribution is -2.35. The van der Waals surface area contributed by atoms with Gasteiger partial charge in [0.25, 0.3) is 15.9 Å². The maximum Gasteiger partial charge on any atom is 0.263 e. The fourth-order valence-corrected chi connectivity index (χ4v) is 4.64. The summed E-state index contributed by atoms with van der Waals surface area (Å²) in [4.78, 5) is 8.13. The summed E-state index contributed by atoms with van der Waals surface area (Å²) in [5.74, 6) is 0.187. The molecule has 2 N–H and O–H groups in total. The summed E-state index contributed by atoms with van der Waals surface area (Å²) in [6, 6.07) is 5.08. The molecule has 1 aliphatic heterocycles. The molecule has 136 valence electrons. The van der Waals surface area contributed by atoms with E-state index in [-0.39, 0.29) is 22.1 Å². The molecule has 8 heteroatoms. The summed E-state index contributed by atoms with van der Waals surface area (Å²) in [7, 11) is -2.39. The van der Waals surface area contributed by atoms with Crippen molar-refractivity contribution in [3.8, 4) is 5.88 Å². The second-order valence-corrected chi connectivity index (χ2v) is 8.43. The van der Waals surface area contributed by atoms with Crippen LogP contribution in [0.3, 0.4) is 0 Å². The molecule has 1 fully saturated rings. The van der Waals surface area contributed by atoms with E-state index in [2.05, 4.69) is 33.0 Å². The highest BCUT2D eigenvalue weighted by Crippen LogP contribution is 2.43. The van der Waals surface area contributed by atoms with Gasteiger partial charge in [-0.05, 0) is 55.5 Å². The third-order valence-electron chi connectivity index (χ3n) is 4.99. The average molecular weight is 372 g/mol. The first kappa shape index (κ1) is 16.8. The van der Waals surface area contributed by atoms with Gasteiger partial charge in [-0.1, -0.05) is 6.08 Å². The van der Waals surface area contributed by atoms with Gasteiger partial charge in [0.05, 0.1) is 17.5 Å². The molecular formula is C18H20N4O3S. The Balaban J connectivity index is 1.69. The van der Waals surface area contributed by atoms with Crippen LogP contribution >= 0.6 is 0 Å². The molecule has 0 amide bonds. The number of hydrogen-bond acceptors (Lipinski definition) is 6. The van der Waals surface area contributed by atoms with Crippen molar-refractivity contribution in [3.05, 3.63) is 41.7 Å². The lowest BCUT2D eigenvalue weighted by atomic mass is 9.89. The highest BCUT2D eigenvalue weighted by atomic mass is 32.2. The predicted octanol–water partition coefficient (Wildman–Crippen LogP) is 3.04. The van der Waals surface area contributed by atoms with Crippen molar-refractivity contribution in [1.29, 1.82) is 0 Å². The zero-order valence-corrected chi connectivity index (χ0v) is 15.4. The molecule has 1 atom stereocenters. The topological polar surface area (TPSA) is 93.2 Å². The molecule has 2 aromatic rings. The predicted molar refractivity (Wildman–Crippen MR) is 99.7 cm³/mol. The van der Waals surface area contributed by atoms with E-state index >= 15 is 0 Å². The molecule has 0 saturated heterocycles. The summed E-state index contributed by atoms with van der Waals surface area (Å²) in [5, 5.41) is 3.56. The van der Waals surface area contributed by atoms with E-state index in [0.29, 0.717) is 0 Å². The number of hydrogen-bond donors (Lipinski definition) is 2. The average Bonchev–Trinajstić information content (AvgIpc) is 2.99. The van der Waals surface area contributed by atoms with Gasteiger partial charge >= 0.3 is 0 Å². The van der Waals surface area contributed by atoms with Crippen LogP contribution in [0, 0.1) is 0 Å². The highest BCUT2D eigenvalue weighted by Gasteiger charge is 2.36. The van der Waals surface area contributed by atoms with Gasteiger partial charge in [0.2, 0.25) is 5.82 Å². The summed E-state index contributed by atoms with van der Waals surface area (Å²) in [6.07, 6.45) is 8.22. The van der Waals surface area contributed by atoms with Crippen LogP contribution in [0.4, 0.5) is 11.5 Å². The van der Waals surface area contributed by atoms with Gasteiger partial charge in [0.1, 0.15) is 0 Å². The Labute approximate surface area is 152 Å². The van der Waals surface area contributed by atoms with E-state index in [4.69, 9.17) is 4.74 Å². The standard InChI is InChI=1S/C18H20N4O3S/c1-18-7-3-4-13(18)10-12-11-14(5-6-15(12)21-18)26(23,24)22-16-17(25-2)20-9-8-19-16/h5-6,8-11,21H,3-4,7H2,1-2H3,(H,19,22). The van der Waals surface area contributed by atoms with Gasteiger partial charge in [-0.2, -0.15) is 0 Å². The van der Waals surface area contributed by atoms with E-state index in [9.17, 15) is 8.42 Å². The summed E-state index contributed by atoms with van der Waals surface area (Å²) >= 11 is 0. The molecule has 0 spiro atoms. The maximum atomic E-state index is 12.8. The van der Waals surface area contributed by atoms with Crippen molar-refractivity contribution in [2.45, 2.75) is 36.6 Å². The van der Waals surface area contributed by atoms with E-state index < -0.39 is 10.0 Å². The van der Waals surface area contributed by atoms with Crippen molar-refractivity contribution < 1.29 is 13.2 Å². The number of methoxy groups -OCH3 is 1. The molecule has 1 aromatic heterocycles. The molecule has 1 saturated carbocycles. The number of fused-ring (bicyclic) bond motifs is 2. The fourth-order valence-electron chi connectivity index (χ4n) is 3.60. The normalized spacial score (nSPS) is 21.2. The first-order valence-electron chi connectivity index (χ1n) is 8.42. The lowest BCUT2D eigenvalue weighted by Gasteiger charge is -2.34. The molecular weight excluding hydrogens is 352 g/mol. The third-order valence-corrected chi connectivity index (χ3v) is 6.33. The molecule has 1 unspecified atom stereocenters. The van der Waals surface area contributed by atoms with Gasteiger partial charge in [0, 0.05) is 18.1 Å². The number of sulfonamides is 1. The Bertz CT molecular complexity index is 1000. The van der Waals surface area contributed by atoms with Gasteiger partial charge in [-0.15, -0.1) is 0 Å². The van der Waals surface area contributed by atoms with Crippen LogP contribution in [-0.4, -0.2) is 31.0 Å². The molecule has 7 nitrogen and oxygen atoms in total. The smallest absolute Gasteiger partial charge is 0.263 e. The second-order valence-electron chi connectivity index (χ2n) is 6.75. The van der Waals surface area contributed by atoms with E-state index in [0.717, 1.165) is 30.5 Å². The Morgan fingerprint density at radius 3 is 2.88 bits per heavy atom. The molecule has 0 bridgehead atoms. The van der Waals surface area contributed by atoms with Gasteiger partial charge in [-0.3, -0.25) is 4.72 Å². The van der Waals surface area contributed by atoms with Gasteiger partial charge in [0.15, 0.2) is 0 Å². The van der Waals surface area contributed by atoms with Crippen molar-refractivity contribution >= 4 is 27.6 Å². The van der Waals surface area contributed by atoms with Crippen LogP contribution in [0.2, 0.25) is 0 Å². The number of benzene rings is 1. The number of aromatic nitrogens is 2. The van der Waals surface area contributed by atoms with Crippen molar-refractivity contribution in [3.63, 3.8) is 0 Å². The van der Waals surface area contributed by atoms with E-state index in [1.807, 2.05) is 6.07 Å². The number of anilines is 2. The van der Waals surface area contributed by atoms with Crippen LogP contribution in [0.5, 0.6) is 5.88 Å². The van der Waals surface area contributed by atoms with E-state index in [1.165, 1.54) is 25.1 Å². The van der Waals surface area contributed by atoms with Crippen LogP contribution in [0.25, 0.3) is 6.08 Å². The zero-order chi connectivity index (χ0) is 18.4. The highest BCUT2D eigenvalue weighted by molar-refractivity contribution is 7.92. The first-order valence-corrected chi connectivity index (χ1v) is 9.91. The van der Waals surface area contributed by atoms with Crippen LogP contribution < -0.4 is 14.8 Å². The Morgan fingerprint density at radius 2 is 2.08 bits per heavy atom. The van der Waals surface area contributed by atoms with Crippen molar-refractivity contribution in [2.24, 2.45) is 0 Å². The van der Waals surface area contributed by atoms with Gasteiger partial charge < -0.3 is 10.1 Å². The molecule has 1 aliphatic carbocycles. The summed E-state index contributed by atoms with van der Waals surface area (Å²) in [5.41, 5.74) is 3.14. The first-order chi connectivity index (χ1) is 12.4. The minimum absolute atomic E-state index is 0.0152. The summed E-state index contributed by atoms with van der Waals surface area (Å²) in [6.45, 7) is 2.20. The number of nitrogens with one attached hydrogen (secondary N) is 2. The Morgan fingerprint density at radius 1 is 1.27 bits per heavy atom. The minimum Gasteiger partial charge on any atom is -0.478 e. The van der Waals surface area contributed by atoms with Crippen LogP contribution in [-0.2, 0) is 10.0 Å². The van der Waals surface area contributed by atoms with Crippen molar-refractivity contribution in [1.82, 2.24) is 9.97 Å². The minimum atomic E-state index is -3.81. The Hall–Kier alpha value is -2.61. The number of nitrogens with zero attached hydrogens (tertiary/aromatic N) is 2. The molecule has 2 aliphatic rings. The van der Waals surface area contributed by atoms with E-state index in [1.54, 1.807) is 12.1 Å². The SMILES string of the molecule is COc1nccnc1NS(=O)(=O)c1ccc2c(c1)C=C1CCCC1(C)N2. The number of ether oxygens (including phenoxy) is 1. The lowest BCUT2D eigenvalue weighted by molar-refractivity contribution is 0.398. The van der Waals surface area contributed by atoms with Crippen LogP contribution in [0.15, 0.2) is 41.1 Å². The van der Waals surface area contributed by atoms with Crippen molar-refractivity contribution in [2.75, 3.05) is 17.1 Å². The van der Waals surface area contributed by atoms with Crippen LogP contribution in [0.1, 0.15) is 31.7 Å². The molecule has 26 heavy (non-hydrogen) atoms. The monoisotopic (exact) mass is 372 g/mol. The third kappa shape index (κ3) is 2.80. The number of rotatable bonds is 4. The summed E-state index contributed by atoms with van der Waals surface area (Å²) < 4.78 is 33.0. The fraction of sp³-hybridized carbons (Fsp3) is 0.333. The quantitative estimate of drug-likeness (QED) is 0.857. The zero-order valence-electron chi connectivity index (χ0n) is 14.6. The maximum absolute atomic E-state index is 12.8.